The fraction of sp³-hybridized carbons (Fsp3) is 0.833. The van der Waals surface area contributed by atoms with E-state index in [0.717, 1.165) is 25.7 Å². The van der Waals surface area contributed by atoms with E-state index in [1.54, 1.807) is 0 Å². The highest BCUT2D eigenvalue weighted by Gasteiger charge is 2.30. The zero-order chi connectivity index (χ0) is 9.97. The summed E-state index contributed by atoms with van der Waals surface area (Å²) < 4.78 is 5.69. The van der Waals surface area contributed by atoms with Gasteiger partial charge in [-0.2, -0.15) is 0 Å². The van der Waals surface area contributed by atoms with Gasteiger partial charge in [0.05, 0.1) is 12.2 Å². The quantitative estimate of drug-likeness (QED) is 0.687. The van der Waals surface area contributed by atoms with E-state index in [1.165, 1.54) is 18.4 Å². The van der Waals surface area contributed by atoms with Gasteiger partial charge in [-0.25, -0.2) is 0 Å². The van der Waals surface area contributed by atoms with Crippen LogP contribution < -0.4 is 0 Å². The number of hydrogen-bond donors (Lipinski definition) is 1. The summed E-state index contributed by atoms with van der Waals surface area (Å²) >= 11 is 0. The molecule has 80 valence electrons. The predicted molar refractivity (Wildman–Crippen MR) is 56.1 cm³/mol. The first-order valence-electron chi connectivity index (χ1n) is 5.80. The first kappa shape index (κ1) is 10.2. The van der Waals surface area contributed by atoms with Gasteiger partial charge in [0.1, 0.15) is 6.10 Å². The standard InChI is InChI=1S/C12H20O2/c1-9-7-8-11(14-9)12(13)10-5-3-2-4-6-10/h5,9,11-13H,2-4,6-8H2,1H3. The fourth-order valence-corrected chi connectivity index (χ4v) is 2.44. The second kappa shape index (κ2) is 4.45. The Morgan fingerprint density at radius 3 is 2.86 bits per heavy atom. The van der Waals surface area contributed by atoms with Gasteiger partial charge in [-0.1, -0.05) is 6.08 Å². The van der Waals surface area contributed by atoms with Crippen molar-refractivity contribution in [2.75, 3.05) is 0 Å². The Balaban J connectivity index is 1.93. The minimum Gasteiger partial charge on any atom is -0.386 e. The Kier molecular flexibility index (Phi) is 3.24. The maximum absolute atomic E-state index is 10.1. The Labute approximate surface area is 86.0 Å². The molecule has 0 saturated carbocycles. The van der Waals surface area contributed by atoms with Crippen molar-refractivity contribution in [3.63, 3.8) is 0 Å². The fourth-order valence-electron chi connectivity index (χ4n) is 2.44. The van der Waals surface area contributed by atoms with Gasteiger partial charge in [0.2, 0.25) is 0 Å². The van der Waals surface area contributed by atoms with Crippen LogP contribution >= 0.6 is 0 Å². The van der Waals surface area contributed by atoms with Gasteiger partial charge in [-0.05, 0) is 51.0 Å². The smallest absolute Gasteiger partial charge is 0.101 e. The third kappa shape index (κ3) is 2.18. The lowest BCUT2D eigenvalue weighted by molar-refractivity contribution is -0.0149. The molecule has 0 aromatic heterocycles. The molecular formula is C12H20O2. The van der Waals surface area contributed by atoms with Crippen LogP contribution in [-0.4, -0.2) is 23.4 Å². The largest absolute Gasteiger partial charge is 0.386 e. The van der Waals surface area contributed by atoms with E-state index in [1.807, 2.05) is 0 Å². The van der Waals surface area contributed by atoms with Crippen molar-refractivity contribution in [3.05, 3.63) is 11.6 Å². The molecule has 1 N–H and O–H groups in total. The molecule has 2 nitrogen and oxygen atoms in total. The molecule has 1 aliphatic carbocycles. The highest BCUT2D eigenvalue weighted by molar-refractivity contribution is 5.13. The molecule has 3 unspecified atom stereocenters. The maximum Gasteiger partial charge on any atom is 0.101 e. The minimum atomic E-state index is -0.333. The number of aliphatic hydroxyl groups is 1. The second-order valence-electron chi connectivity index (χ2n) is 4.53. The molecule has 0 spiro atoms. The van der Waals surface area contributed by atoms with Crippen LogP contribution in [0.4, 0.5) is 0 Å². The van der Waals surface area contributed by atoms with E-state index in [0.29, 0.717) is 6.10 Å². The van der Waals surface area contributed by atoms with Crippen LogP contribution in [-0.2, 0) is 4.74 Å². The number of rotatable bonds is 2. The molecule has 3 atom stereocenters. The molecule has 2 rings (SSSR count). The number of ether oxygens (including phenoxy) is 1. The predicted octanol–water partition coefficient (Wildman–Crippen LogP) is 2.42. The average Bonchev–Trinajstić information content (AvgIpc) is 2.65. The van der Waals surface area contributed by atoms with Crippen LogP contribution in [0.2, 0.25) is 0 Å². The zero-order valence-electron chi connectivity index (χ0n) is 8.91. The molecule has 2 aliphatic rings. The Morgan fingerprint density at radius 1 is 1.43 bits per heavy atom. The van der Waals surface area contributed by atoms with Gasteiger partial charge < -0.3 is 9.84 Å². The first-order chi connectivity index (χ1) is 6.77. The highest BCUT2D eigenvalue weighted by Crippen LogP contribution is 2.29. The molecule has 1 fully saturated rings. The molecule has 14 heavy (non-hydrogen) atoms. The van der Waals surface area contributed by atoms with E-state index >= 15 is 0 Å². The van der Waals surface area contributed by atoms with E-state index in [2.05, 4.69) is 13.0 Å². The van der Waals surface area contributed by atoms with Crippen LogP contribution in [0.5, 0.6) is 0 Å². The van der Waals surface area contributed by atoms with Crippen molar-refractivity contribution in [2.24, 2.45) is 0 Å². The summed E-state index contributed by atoms with van der Waals surface area (Å²) in [5, 5.41) is 10.1. The van der Waals surface area contributed by atoms with Gasteiger partial charge in [0.15, 0.2) is 0 Å². The Morgan fingerprint density at radius 2 is 2.29 bits per heavy atom. The van der Waals surface area contributed by atoms with Crippen LogP contribution in [0.1, 0.15) is 45.4 Å². The SMILES string of the molecule is CC1CCC(C(O)C2=CCCCC2)O1. The van der Waals surface area contributed by atoms with Crippen LogP contribution in [0.15, 0.2) is 11.6 Å². The monoisotopic (exact) mass is 196 g/mol. The third-order valence-electron chi connectivity index (χ3n) is 3.32. The molecule has 0 radical (unpaired) electrons. The molecule has 2 heteroatoms. The molecule has 1 heterocycles. The molecule has 1 saturated heterocycles. The summed E-state index contributed by atoms with van der Waals surface area (Å²) in [6.07, 6.45) is 9.08. The van der Waals surface area contributed by atoms with Crippen LogP contribution in [0.25, 0.3) is 0 Å². The van der Waals surface area contributed by atoms with Crippen molar-refractivity contribution in [3.8, 4) is 0 Å². The average molecular weight is 196 g/mol. The Hall–Kier alpha value is -0.340. The van der Waals surface area contributed by atoms with Gasteiger partial charge in [0, 0.05) is 0 Å². The maximum atomic E-state index is 10.1. The van der Waals surface area contributed by atoms with E-state index in [-0.39, 0.29) is 12.2 Å². The van der Waals surface area contributed by atoms with Crippen LogP contribution in [0, 0.1) is 0 Å². The molecule has 0 aromatic rings. The summed E-state index contributed by atoms with van der Waals surface area (Å²) in [5.41, 5.74) is 1.22. The summed E-state index contributed by atoms with van der Waals surface area (Å²) in [5.74, 6) is 0. The van der Waals surface area contributed by atoms with E-state index in [4.69, 9.17) is 4.74 Å². The summed E-state index contributed by atoms with van der Waals surface area (Å²) in [6.45, 7) is 2.09. The van der Waals surface area contributed by atoms with Crippen LogP contribution in [0.3, 0.4) is 0 Å². The van der Waals surface area contributed by atoms with Gasteiger partial charge in [-0.15, -0.1) is 0 Å². The summed E-state index contributed by atoms with van der Waals surface area (Å²) in [6, 6.07) is 0. The second-order valence-corrected chi connectivity index (χ2v) is 4.53. The molecule has 0 aromatic carbocycles. The first-order valence-corrected chi connectivity index (χ1v) is 5.80. The van der Waals surface area contributed by atoms with Crippen molar-refractivity contribution >= 4 is 0 Å². The summed E-state index contributed by atoms with van der Waals surface area (Å²) in [7, 11) is 0. The Bertz CT molecular complexity index is 222. The molecule has 0 amide bonds. The lowest BCUT2D eigenvalue weighted by Gasteiger charge is -2.23. The van der Waals surface area contributed by atoms with Gasteiger partial charge in [0.25, 0.3) is 0 Å². The normalized spacial score (nSPS) is 35.4. The van der Waals surface area contributed by atoms with Gasteiger partial charge >= 0.3 is 0 Å². The number of hydrogen-bond acceptors (Lipinski definition) is 2. The van der Waals surface area contributed by atoms with E-state index < -0.39 is 0 Å². The zero-order valence-corrected chi connectivity index (χ0v) is 8.91. The highest BCUT2D eigenvalue weighted by atomic mass is 16.5. The number of allylic oxidation sites excluding steroid dienone is 1. The third-order valence-corrected chi connectivity index (χ3v) is 3.32. The molecule has 1 aliphatic heterocycles. The van der Waals surface area contributed by atoms with Gasteiger partial charge in [-0.3, -0.25) is 0 Å². The summed E-state index contributed by atoms with van der Waals surface area (Å²) in [4.78, 5) is 0. The van der Waals surface area contributed by atoms with Crippen molar-refractivity contribution in [1.29, 1.82) is 0 Å². The van der Waals surface area contributed by atoms with E-state index in [9.17, 15) is 5.11 Å². The number of aliphatic hydroxyl groups excluding tert-OH is 1. The van der Waals surface area contributed by atoms with Crippen molar-refractivity contribution in [1.82, 2.24) is 0 Å². The van der Waals surface area contributed by atoms with Crippen molar-refractivity contribution in [2.45, 2.75) is 63.8 Å². The lowest BCUT2D eigenvalue weighted by atomic mass is 9.92. The lowest BCUT2D eigenvalue weighted by Crippen LogP contribution is -2.28. The minimum absolute atomic E-state index is 0.0642. The molecule has 0 bridgehead atoms. The van der Waals surface area contributed by atoms with Crippen molar-refractivity contribution < 1.29 is 9.84 Å². The molecular weight excluding hydrogens is 176 g/mol. The topological polar surface area (TPSA) is 29.5 Å².